The van der Waals surface area contributed by atoms with Crippen molar-refractivity contribution in [2.24, 2.45) is 0 Å². The van der Waals surface area contributed by atoms with E-state index in [2.05, 4.69) is 15.2 Å². The fourth-order valence-electron chi connectivity index (χ4n) is 2.64. The highest BCUT2D eigenvalue weighted by molar-refractivity contribution is 6.04. The summed E-state index contributed by atoms with van der Waals surface area (Å²) in [6.45, 7) is 3.20. The summed E-state index contributed by atoms with van der Waals surface area (Å²) in [7, 11) is 0. The molecule has 0 amide bonds. The van der Waals surface area contributed by atoms with Crippen LogP contribution in [0.2, 0.25) is 0 Å². The molecule has 0 aliphatic carbocycles. The number of H-pyrrole nitrogens is 1. The van der Waals surface area contributed by atoms with E-state index in [1.807, 2.05) is 0 Å². The topological polar surface area (TPSA) is 101 Å². The SMILES string of the molecule is Cc1nnc(Cn2c(C)c(C(=O)O)c3cccc(F)c3c2=O)[nH]1. The molecule has 0 saturated heterocycles. The first-order valence-corrected chi connectivity index (χ1v) is 6.83. The monoisotopic (exact) mass is 316 g/mol. The van der Waals surface area contributed by atoms with Gasteiger partial charge in [-0.05, 0) is 19.9 Å². The number of hydrogen-bond donors (Lipinski definition) is 2. The summed E-state index contributed by atoms with van der Waals surface area (Å²) in [5.41, 5.74) is -0.473. The molecular formula is C15H13FN4O3. The van der Waals surface area contributed by atoms with E-state index in [1.54, 1.807) is 6.92 Å². The first-order chi connectivity index (χ1) is 10.9. The first-order valence-electron chi connectivity index (χ1n) is 6.83. The Kier molecular flexibility index (Phi) is 3.44. The van der Waals surface area contributed by atoms with Gasteiger partial charge in [0.25, 0.3) is 5.56 Å². The standard InChI is InChI=1S/C15H13FN4O3/c1-7-12(15(22)23)9-4-3-5-10(16)13(9)14(21)20(7)6-11-17-8(2)18-19-11/h3-5H,6H2,1-2H3,(H,22,23)(H,17,18,19). The Bertz CT molecular complexity index is 990. The van der Waals surface area contributed by atoms with Crippen molar-refractivity contribution in [1.82, 2.24) is 19.7 Å². The second kappa shape index (κ2) is 5.31. The lowest BCUT2D eigenvalue weighted by Gasteiger charge is -2.14. The van der Waals surface area contributed by atoms with Gasteiger partial charge >= 0.3 is 5.97 Å². The number of nitrogens with one attached hydrogen (secondary N) is 1. The van der Waals surface area contributed by atoms with Crippen LogP contribution in [0.5, 0.6) is 0 Å². The van der Waals surface area contributed by atoms with E-state index in [-0.39, 0.29) is 28.6 Å². The molecule has 0 spiro atoms. The van der Waals surface area contributed by atoms with Gasteiger partial charge < -0.3 is 14.7 Å². The van der Waals surface area contributed by atoms with Gasteiger partial charge in [0.15, 0.2) is 5.82 Å². The van der Waals surface area contributed by atoms with E-state index in [4.69, 9.17) is 0 Å². The number of carboxylic acids is 1. The van der Waals surface area contributed by atoms with Crippen molar-refractivity contribution in [1.29, 1.82) is 0 Å². The molecule has 7 nitrogen and oxygen atoms in total. The second-order valence-electron chi connectivity index (χ2n) is 5.18. The maximum Gasteiger partial charge on any atom is 0.338 e. The van der Waals surface area contributed by atoms with Crippen molar-refractivity contribution in [2.45, 2.75) is 20.4 Å². The van der Waals surface area contributed by atoms with Crippen molar-refractivity contribution in [3.63, 3.8) is 0 Å². The van der Waals surface area contributed by atoms with Gasteiger partial charge in [-0.3, -0.25) is 4.79 Å². The van der Waals surface area contributed by atoms with Crippen LogP contribution >= 0.6 is 0 Å². The van der Waals surface area contributed by atoms with E-state index in [0.29, 0.717) is 11.6 Å². The normalized spacial score (nSPS) is 11.1. The first kappa shape index (κ1) is 14.9. The molecule has 3 aromatic rings. The smallest absolute Gasteiger partial charge is 0.338 e. The van der Waals surface area contributed by atoms with E-state index in [9.17, 15) is 19.1 Å². The quantitative estimate of drug-likeness (QED) is 0.764. The highest BCUT2D eigenvalue weighted by Gasteiger charge is 2.21. The van der Waals surface area contributed by atoms with Crippen LogP contribution in [0.4, 0.5) is 4.39 Å². The number of carboxylic acid groups (broad SMARTS) is 1. The third-order valence-electron chi connectivity index (χ3n) is 3.68. The summed E-state index contributed by atoms with van der Waals surface area (Å²) in [6, 6.07) is 3.94. The largest absolute Gasteiger partial charge is 0.478 e. The fourth-order valence-corrected chi connectivity index (χ4v) is 2.64. The number of aromatic nitrogens is 4. The van der Waals surface area contributed by atoms with E-state index in [1.165, 1.54) is 23.6 Å². The average Bonchev–Trinajstić information content (AvgIpc) is 2.88. The summed E-state index contributed by atoms with van der Waals surface area (Å²) in [4.78, 5) is 27.1. The Labute approximate surface area is 129 Å². The number of fused-ring (bicyclic) bond motifs is 1. The molecule has 0 aliphatic heterocycles. The number of benzene rings is 1. The molecule has 3 rings (SSSR count). The van der Waals surface area contributed by atoms with Gasteiger partial charge in [-0.2, -0.15) is 0 Å². The van der Waals surface area contributed by atoms with Crippen molar-refractivity contribution in [3.8, 4) is 0 Å². The zero-order valence-electron chi connectivity index (χ0n) is 12.4. The highest BCUT2D eigenvalue weighted by atomic mass is 19.1. The predicted octanol–water partition coefficient (Wildman–Crippen LogP) is 1.62. The molecule has 2 aromatic heterocycles. The Morgan fingerprint density at radius 3 is 2.70 bits per heavy atom. The van der Waals surface area contributed by atoms with Crippen LogP contribution in [0.1, 0.15) is 27.7 Å². The van der Waals surface area contributed by atoms with E-state index < -0.39 is 17.3 Å². The molecule has 2 N–H and O–H groups in total. The lowest BCUT2D eigenvalue weighted by Crippen LogP contribution is -2.27. The predicted molar refractivity (Wildman–Crippen MR) is 80.1 cm³/mol. The van der Waals surface area contributed by atoms with Gasteiger partial charge in [0, 0.05) is 11.1 Å². The number of aromatic amines is 1. The minimum absolute atomic E-state index is 0.0178. The summed E-state index contributed by atoms with van der Waals surface area (Å²) in [5, 5.41) is 17.0. The van der Waals surface area contributed by atoms with Crippen LogP contribution in [0, 0.1) is 19.7 Å². The van der Waals surface area contributed by atoms with E-state index in [0.717, 1.165) is 6.07 Å². The lowest BCUT2D eigenvalue weighted by atomic mass is 10.0. The molecule has 23 heavy (non-hydrogen) atoms. The van der Waals surface area contributed by atoms with Crippen LogP contribution in [-0.4, -0.2) is 30.8 Å². The van der Waals surface area contributed by atoms with Crippen molar-refractivity contribution >= 4 is 16.7 Å². The molecule has 0 aliphatic rings. The Morgan fingerprint density at radius 2 is 2.09 bits per heavy atom. The maximum atomic E-state index is 14.1. The molecule has 0 bridgehead atoms. The van der Waals surface area contributed by atoms with Gasteiger partial charge in [-0.25, -0.2) is 9.18 Å². The van der Waals surface area contributed by atoms with Gasteiger partial charge in [0.2, 0.25) is 0 Å². The Hall–Kier alpha value is -3.03. The van der Waals surface area contributed by atoms with Crippen LogP contribution in [-0.2, 0) is 6.54 Å². The molecule has 1 aromatic carbocycles. The number of hydrogen-bond acceptors (Lipinski definition) is 4. The molecule has 0 fully saturated rings. The minimum Gasteiger partial charge on any atom is -0.478 e. The third-order valence-corrected chi connectivity index (χ3v) is 3.68. The Balaban J connectivity index is 2.35. The lowest BCUT2D eigenvalue weighted by molar-refractivity contribution is 0.0697. The van der Waals surface area contributed by atoms with Crippen LogP contribution in [0.25, 0.3) is 10.8 Å². The zero-order chi connectivity index (χ0) is 16.7. The van der Waals surface area contributed by atoms with E-state index >= 15 is 0 Å². The third kappa shape index (κ3) is 2.37. The molecule has 0 radical (unpaired) electrons. The number of aryl methyl sites for hydroxylation is 1. The molecule has 8 heteroatoms. The number of rotatable bonds is 3. The summed E-state index contributed by atoms with van der Waals surface area (Å²) in [6.07, 6.45) is 0. The summed E-state index contributed by atoms with van der Waals surface area (Å²) < 4.78 is 15.3. The zero-order valence-corrected chi connectivity index (χ0v) is 12.4. The van der Waals surface area contributed by atoms with Gasteiger partial charge in [0.1, 0.15) is 11.6 Å². The highest BCUT2D eigenvalue weighted by Crippen LogP contribution is 2.22. The Morgan fingerprint density at radius 1 is 1.35 bits per heavy atom. The van der Waals surface area contributed by atoms with Crippen molar-refractivity contribution in [2.75, 3.05) is 0 Å². The van der Waals surface area contributed by atoms with Crippen molar-refractivity contribution in [3.05, 3.63) is 57.3 Å². The molecule has 0 atom stereocenters. The number of halogens is 1. The van der Waals surface area contributed by atoms with Gasteiger partial charge in [-0.1, -0.05) is 12.1 Å². The number of pyridine rings is 1. The molecule has 0 unspecified atom stereocenters. The van der Waals surface area contributed by atoms with Crippen LogP contribution < -0.4 is 5.56 Å². The molecule has 118 valence electrons. The second-order valence-corrected chi connectivity index (χ2v) is 5.18. The summed E-state index contributed by atoms with van der Waals surface area (Å²) in [5.74, 6) is -1.02. The van der Waals surface area contributed by atoms with Gasteiger partial charge in [0.05, 0.1) is 17.5 Å². The molecule has 0 saturated carbocycles. The number of aromatic carboxylic acids is 1. The molecular weight excluding hydrogens is 303 g/mol. The van der Waals surface area contributed by atoms with Gasteiger partial charge in [-0.15, -0.1) is 10.2 Å². The number of carbonyl (C=O) groups is 1. The average molecular weight is 316 g/mol. The van der Waals surface area contributed by atoms with Crippen LogP contribution in [0.3, 0.4) is 0 Å². The van der Waals surface area contributed by atoms with Crippen LogP contribution in [0.15, 0.2) is 23.0 Å². The minimum atomic E-state index is -1.22. The maximum absolute atomic E-state index is 14.1. The van der Waals surface area contributed by atoms with Crippen molar-refractivity contribution < 1.29 is 14.3 Å². The number of nitrogens with zero attached hydrogens (tertiary/aromatic N) is 3. The fraction of sp³-hybridized carbons (Fsp3) is 0.200. The summed E-state index contributed by atoms with van der Waals surface area (Å²) >= 11 is 0. The molecule has 2 heterocycles.